The number of aromatic nitrogens is 3. The predicted molar refractivity (Wildman–Crippen MR) is 101 cm³/mol. The summed E-state index contributed by atoms with van der Waals surface area (Å²) in [6.07, 6.45) is 4.33. The summed E-state index contributed by atoms with van der Waals surface area (Å²) in [5.41, 5.74) is 3.69. The van der Waals surface area contributed by atoms with Crippen LogP contribution in [0.25, 0.3) is 33.2 Å². The van der Waals surface area contributed by atoms with Crippen molar-refractivity contribution in [1.29, 1.82) is 0 Å². The van der Waals surface area contributed by atoms with Gasteiger partial charge in [-0.25, -0.2) is 0 Å². The minimum absolute atomic E-state index is 0.185. The second-order valence-electron chi connectivity index (χ2n) is 6.56. The maximum Gasteiger partial charge on any atom is 0.281 e. The number of rotatable bonds is 2. The summed E-state index contributed by atoms with van der Waals surface area (Å²) in [6, 6.07) is 14.1. The van der Waals surface area contributed by atoms with Gasteiger partial charge in [0.05, 0.1) is 10.9 Å². The highest BCUT2D eigenvalue weighted by molar-refractivity contribution is 5.94. The number of nitrogens with one attached hydrogen (secondary N) is 2. The van der Waals surface area contributed by atoms with E-state index in [1.165, 1.54) is 12.8 Å². The van der Waals surface area contributed by atoms with Crippen molar-refractivity contribution >= 4 is 27.5 Å². The first-order chi connectivity index (χ1) is 12.3. The average Bonchev–Trinajstić information content (AvgIpc) is 3.31. The van der Waals surface area contributed by atoms with Crippen LogP contribution >= 0.6 is 0 Å². The van der Waals surface area contributed by atoms with Crippen LogP contribution in [0.15, 0.2) is 53.5 Å². The van der Waals surface area contributed by atoms with E-state index in [9.17, 15) is 4.79 Å². The molecule has 0 unspecified atom stereocenters. The van der Waals surface area contributed by atoms with Gasteiger partial charge in [-0.1, -0.05) is 18.2 Å². The highest BCUT2D eigenvalue weighted by Crippen LogP contribution is 2.27. The Morgan fingerprint density at radius 3 is 2.68 bits per heavy atom. The number of aromatic amines is 2. The van der Waals surface area contributed by atoms with Crippen molar-refractivity contribution in [2.45, 2.75) is 12.8 Å². The largest absolute Gasteiger partial charge is 0.372 e. The summed E-state index contributed by atoms with van der Waals surface area (Å²) in [4.78, 5) is 25.8. The van der Waals surface area contributed by atoms with Gasteiger partial charge >= 0.3 is 0 Å². The molecule has 5 heteroatoms. The molecule has 1 aliphatic rings. The Bertz CT molecular complexity index is 1140. The fourth-order valence-corrected chi connectivity index (χ4v) is 3.70. The Balaban J connectivity index is 1.66. The van der Waals surface area contributed by atoms with Gasteiger partial charge in [0.15, 0.2) is 0 Å². The quantitative estimate of drug-likeness (QED) is 0.589. The van der Waals surface area contributed by atoms with Gasteiger partial charge in [0.25, 0.3) is 5.56 Å². The average molecular weight is 330 g/mol. The molecule has 1 aliphatic heterocycles. The number of hydrogen-bond donors (Lipinski definition) is 2. The number of hydrogen-bond acceptors (Lipinski definition) is 3. The van der Waals surface area contributed by atoms with Crippen molar-refractivity contribution in [3.05, 3.63) is 59.0 Å². The van der Waals surface area contributed by atoms with E-state index < -0.39 is 0 Å². The second kappa shape index (κ2) is 5.48. The molecule has 5 nitrogen and oxygen atoms in total. The normalized spacial score (nSPS) is 14.6. The molecule has 0 aliphatic carbocycles. The van der Waals surface area contributed by atoms with Crippen molar-refractivity contribution in [1.82, 2.24) is 15.0 Å². The molecule has 4 aromatic rings. The molecule has 0 amide bonds. The van der Waals surface area contributed by atoms with Gasteiger partial charge in [0.2, 0.25) is 0 Å². The molecule has 25 heavy (non-hydrogen) atoms. The first kappa shape index (κ1) is 14.3. The van der Waals surface area contributed by atoms with Crippen molar-refractivity contribution in [2.75, 3.05) is 18.0 Å². The van der Waals surface area contributed by atoms with Gasteiger partial charge in [0.1, 0.15) is 5.82 Å². The minimum Gasteiger partial charge on any atom is -0.372 e. The van der Waals surface area contributed by atoms with E-state index in [-0.39, 0.29) is 5.56 Å². The van der Waals surface area contributed by atoms with E-state index >= 15 is 0 Å². The molecule has 2 aromatic carbocycles. The lowest BCUT2D eigenvalue weighted by atomic mass is 10.1. The highest BCUT2D eigenvalue weighted by Gasteiger charge is 2.15. The third-order valence-corrected chi connectivity index (χ3v) is 5.02. The van der Waals surface area contributed by atoms with Gasteiger partial charge in [-0.2, -0.15) is 4.98 Å². The molecule has 0 bridgehead atoms. The van der Waals surface area contributed by atoms with Crippen LogP contribution in [0.2, 0.25) is 0 Å². The predicted octanol–water partition coefficient (Wildman–Crippen LogP) is 3.67. The Labute approximate surface area is 144 Å². The minimum atomic E-state index is -0.185. The van der Waals surface area contributed by atoms with E-state index in [1.807, 2.05) is 42.6 Å². The summed E-state index contributed by atoms with van der Waals surface area (Å²) in [7, 11) is 0. The molecule has 0 radical (unpaired) electrons. The molecule has 1 saturated heterocycles. The highest BCUT2D eigenvalue weighted by atomic mass is 16.1. The molecular formula is C20H18N4O. The van der Waals surface area contributed by atoms with Crippen LogP contribution < -0.4 is 10.5 Å². The second-order valence-corrected chi connectivity index (χ2v) is 6.56. The maximum absolute atomic E-state index is 12.6. The molecule has 2 aromatic heterocycles. The summed E-state index contributed by atoms with van der Waals surface area (Å²) in [6.45, 7) is 2.12. The Morgan fingerprint density at radius 1 is 0.960 bits per heavy atom. The number of H-pyrrole nitrogens is 2. The zero-order valence-corrected chi connectivity index (χ0v) is 13.7. The van der Waals surface area contributed by atoms with E-state index in [0.717, 1.165) is 40.8 Å². The number of fused-ring (bicyclic) bond motifs is 2. The van der Waals surface area contributed by atoms with Crippen LogP contribution in [0.1, 0.15) is 12.8 Å². The third kappa shape index (κ3) is 2.31. The summed E-state index contributed by atoms with van der Waals surface area (Å²) in [5, 5.41) is 1.70. The fourth-order valence-electron chi connectivity index (χ4n) is 3.70. The summed E-state index contributed by atoms with van der Waals surface area (Å²) >= 11 is 0. The smallest absolute Gasteiger partial charge is 0.281 e. The van der Waals surface area contributed by atoms with Crippen molar-refractivity contribution < 1.29 is 0 Å². The molecule has 0 saturated carbocycles. The lowest BCUT2D eigenvalue weighted by Gasteiger charge is -2.17. The van der Waals surface area contributed by atoms with Crippen LogP contribution in [0.3, 0.4) is 0 Å². The molecule has 0 atom stereocenters. The number of nitrogens with zero attached hydrogens (tertiary/aromatic N) is 2. The third-order valence-electron chi connectivity index (χ3n) is 5.02. The van der Waals surface area contributed by atoms with E-state index in [4.69, 9.17) is 0 Å². The Kier molecular flexibility index (Phi) is 3.13. The topological polar surface area (TPSA) is 64.8 Å². The SMILES string of the molecule is O=c1nc(-c2c[nH]c3ccccc23)[nH]c2ccc(N3CCCC3)cc12. The van der Waals surface area contributed by atoms with Gasteiger partial charge < -0.3 is 14.9 Å². The first-order valence-corrected chi connectivity index (χ1v) is 8.65. The fraction of sp³-hybridized carbons (Fsp3) is 0.200. The van der Waals surface area contributed by atoms with Crippen LogP contribution in [0, 0.1) is 0 Å². The summed E-state index contributed by atoms with van der Waals surface area (Å²) in [5.74, 6) is 0.601. The Hall–Kier alpha value is -3.08. The molecule has 124 valence electrons. The standard InChI is InChI=1S/C20H18N4O/c25-20-15-11-13(24-9-3-4-10-24)7-8-18(15)22-19(23-20)16-12-21-17-6-2-1-5-14(16)17/h1-2,5-8,11-12,21H,3-4,9-10H2,(H,22,23,25). The van der Waals surface area contributed by atoms with Gasteiger partial charge in [0, 0.05) is 41.4 Å². The number of benzene rings is 2. The maximum atomic E-state index is 12.6. The lowest BCUT2D eigenvalue weighted by Crippen LogP contribution is -2.18. The van der Waals surface area contributed by atoms with Crippen LogP contribution in [-0.4, -0.2) is 28.0 Å². The molecule has 2 N–H and O–H groups in total. The van der Waals surface area contributed by atoms with Gasteiger partial charge in [-0.3, -0.25) is 4.79 Å². The monoisotopic (exact) mass is 330 g/mol. The van der Waals surface area contributed by atoms with Gasteiger partial charge in [-0.15, -0.1) is 0 Å². The zero-order chi connectivity index (χ0) is 16.8. The molecular weight excluding hydrogens is 312 g/mol. The van der Waals surface area contributed by atoms with E-state index in [0.29, 0.717) is 11.2 Å². The van der Waals surface area contributed by atoms with Crippen LogP contribution in [-0.2, 0) is 0 Å². The van der Waals surface area contributed by atoms with Crippen molar-refractivity contribution in [3.63, 3.8) is 0 Å². The molecule has 1 fully saturated rings. The molecule has 5 rings (SSSR count). The lowest BCUT2D eigenvalue weighted by molar-refractivity contribution is 0.949. The Morgan fingerprint density at radius 2 is 1.80 bits per heavy atom. The number of anilines is 1. The van der Waals surface area contributed by atoms with Crippen LogP contribution in [0.4, 0.5) is 5.69 Å². The summed E-state index contributed by atoms with van der Waals surface area (Å²) < 4.78 is 0. The van der Waals surface area contributed by atoms with Crippen molar-refractivity contribution in [2.24, 2.45) is 0 Å². The van der Waals surface area contributed by atoms with Crippen molar-refractivity contribution in [3.8, 4) is 11.4 Å². The molecule has 0 spiro atoms. The zero-order valence-electron chi connectivity index (χ0n) is 13.7. The molecule has 3 heterocycles. The van der Waals surface area contributed by atoms with E-state index in [1.54, 1.807) is 0 Å². The van der Waals surface area contributed by atoms with Gasteiger partial charge in [-0.05, 0) is 37.1 Å². The first-order valence-electron chi connectivity index (χ1n) is 8.65. The van der Waals surface area contributed by atoms with Crippen LogP contribution in [0.5, 0.6) is 0 Å². The number of para-hydroxylation sites is 1. The van der Waals surface area contributed by atoms with E-state index in [2.05, 4.69) is 25.9 Å².